The highest BCUT2D eigenvalue weighted by molar-refractivity contribution is 7.99. The quantitative estimate of drug-likeness (QED) is 0.658. The van der Waals surface area contributed by atoms with Crippen LogP contribution in [0.3, 0.4) is 0 Å². The lowest BCUT2D eigenvalue weighted by Gasteiger charge is -2.22. The number of hydrogen-bond donors (Lipinski definition) is 2. The number of nitrogens with one attached hydrogen (secondary N) is 2. The fraction of sp³-hybridized carbons (Fsp3) is 0.467. The van der Waals surface area contributed by atoms with Gasteiger partial charge in [-0.25, -0.2) is 0 Å². The van der Waals surface area contributed by atoms with Crippen molar-refractivity contribution in [3.8, 4) is 0 Å². The van der Waals surface area contributed by atoms with E-state index in [0.29, 0.717) is 22.3 Å². The van der Waals surface area contributed by atoms with E-state index in [1.807, 2.05) is 0 Å². The molecule has 1 aliphatic carbocycles. The first-order valence-electron chi connectivity index (χ1n) is 7.21. The van der Waals surface area contributed by atoms with Crippen molar-refractivity contribution in [2.24, 2.45) is 0 Å². The topological polar surface area (TPSA) is 58.2 Å². The van der Waals surface area contributed by atoms with Crippen LogP contribution >= 0.6 is 11.8 Å². The summed E-state index contributed by atoms with van der Waals surface area (Å²) in [5, 5.41) is 5.15. The first-order valence-corrected chi connectivity index (χ1v) is 8.09. The van der Waals surface area contributed by atoms with Gasteiger partial charge in [0, 0.05) is 16.6 Å². The Morgan fingerprint density at radius 2 is 1.86 bits per heavy atom. The zero-order valence-corrected chi connectivity index (χ0v) is 12.8. The third-order valence-corrected chi connectivity index (χ3v) is 4.17. The minimum absolute atomic E-state index is 0.0488. The van der Waals surface area contributed by atoms with Crippen LogP contribution in [-0.4, -0.2) is 23.6 Å². The van der Waals surface area contributed by atoms with Crippen LogP contribution in [0.4, 0.5) is 14.5 Å². The Hall–Kier alpha value is -1.63. The van der Waals surface area contributed by atoms with E-state index >= 15 is 0 Å². The summed E-state index contributed by atoms with van der Waals surface area (Å²) < 4.78 is 24.6. The molecule has 0 atom stereocenters. The van der Waals surface area contributed by atoms with Crippen LogP contribution in [-0.2, 0) is 9.59 Å². The Morgan fingerprint density at radius 3 is 2.55 bits per heavy atom. The average molecular weight is 328 g/mol. The molecule has 1 aromatic rings. The number of alkyl halides is 2. The molecule has 22 heavy (non-hydrogen) atoms. The van der Waals surface area contributed by atoms with E-state index in [1.165, 1.54) is 12.1 Å². The van der Waals surface area contributed by atoms with E-state index in [2.05, 4.69) is 10.6 Å². The van der Waals surface area contributed by atoms with Crippen LogP contribution in [0.1, 0.15) is 32.1 Å². The van der Waals surface area contributed by atoms with Crippen LogP contribution in [0, 0.1) is 0 Å². The molecule has 0 radical (unpaired) electrons. The Bertz CT molecular complexity index is 534. The van der Waals surface area contributed by atoms with Gasteiger partial charge in [0.25, 0.3) is 5.76 Å². The highest BCUT2D eigenvalue weighted by atomic mass is 32.2. The van der Waals surface area contributed by atoms with Crippen molar-refractivity contribution in [1.29, 1.82) is 0 Å². The average Bonchev–Trinajstić information content (AvgIpc) is 2.48. The second-order valence-electron chi connectivity index (χ2n) is 5.17. The number of hydrogen-bond acceptors (Lipinski definition) is 3. The van der Waals surface area contributed by atoms with Crippen molar-refractivity contribution < 1.29 is 18.4 Å². The number of amides is 2. The van der Waals surface area contributed by atoms with E-state index in [4.69, 9.17) is 0 Å². The molecule has 120 valence electrons. The number of carbonyl (C=O) groups is 2. The summed E-state index contributed by atoms with van der Waals surface area (Å²) in [6.45, 7) is 0. The van der Waals surface area contributed by atoms with Crippen LogP contribution in [0.15, 0.2) is 29.2 Å². The van der Waals surface area contributed by atoms with Crippen molar-refractivity contribution in [2.75, 3.05) is 5.32 Å². The minimum atomic E-state index is -2.53. The maximum Gasteiger partial charge on any atom is 0.313 e. The molecule has 1 fully saturated rings. The number of halogens is 2. The van der Waals surface area contributed by atoms with Gasteiger partial charge in [-0.05, 0) is 31.0 Å². The second kappa shape index (κ2) is 8.12. The van der Waals surface area contributed by atoms with Gasteiger partial charge >= 0.3 is 11.8 Å². The molecule has 0 bridgehead atoms. The van der Waals surface area contributed by atoms with Crippen molar-refractivity contribution in [3.63, 3.8) is 0 Å². The van der Waals surface area contributed by atoms with E-state index in [0.717, 1.165) is 32.1 Å². The zero-order valence-electron chi connectivity index (χ0n) is 12.0. The van der Waals surface area contributed by atoms with Crippen molar-refractivity contribution >= 4 is 29.3 Å². The third-order valence-electron chi connectivity index (χ3n) is 3.46. The molecule has 7 heteroatoms. The Morgan fingerprint density at radius 1 is 1.14 bits per heavy atom. The predicted octanol–water partition coefficient (Wildman–Crippen LogP) is 3.39. The standard InChI is InChI=1S/C15H18F2N2O2S/c16-15(17)22-12-8-4-7-11(9-12)19-14(21)13(20)18-10-5-2-1-3-6-10/h4,7-10,15H,1-3,5-6H2,(H,18,20)(H,19,21). The van der Waals surface area contributed by atoms with Crippen molar-refractivity contribution in [1.82, 2.24) is 5.32 Å². The Balaban J connectivity index is 1.89. The summed E-state index contributed by atoms with van der Waals surface area (Å²) in [6, 6.07) is 6.10. The first kappa shape index (κ1) is 16.7. The van der Waals surface area contributed by atoms with E-state index in [-0.39, 0.29) is 6.04 Å². The second-order valence-corrected chi connectivity index (χ2v) is 6.23. The van der Waals surface area contributed by atoms with Gasteiger partial charge in [0.1, 0.15) is 0 Å². The highest BCUT2D eigenvalue weighted by Gasteiger charge is 2.20. The molecule has 0 unspecified atom stereocenters. The lowest BCUT2D eigenvalue weighted by molar-refractivity contribution is -0.136. The smallest absolute Gasteiger partial charge is 0.313 e. The first-order chi connectivity index (χ1) is 10.5. The molecule has 0 spiro atoms. The number of carbonyl (C=O) groups excluding carboxylic acids is 2. The summed E-state index contributed by atoms with van der Waals surface area (Å²) in [4.78, 5) is 24.0. The maximum absolute atomic E-state index is 12.3. The van der Waals surface area contributed by atoms with Gasteiger partial charge in [0.2, 0.25) is 0 Å². The van der Waals surface area contributed by atoms with Crippen LogP contribution < -0.4 is 10.6 Å². The minimum Gasteiger partial charge on any atom is -0.345 e. The number of anilines is 1. The monoisotopic (exact) mass is 328 g/mol. The normalized spacial score (nSPS) is 15.6. The molecule has 2 amide bonds. The van der Waals surface area contributed by atoms with Gasteiger partial charge in [-0.3, -0.25) is 9.59 Å². The van der Waals surface area contributed by atoms with Gasteiger partial charge in [-0.15, -0.1) is 0 Å². The molecule has 2 rings (SSSR count). The van der Waals surface area contributed by atoms with E-state index in [1.54, 1.807) is 12.1 Å². The van der Waals surface area contributed by atoms with Gasteiger partial charge in [0.15, 0.2) is 0 Å². The van der Waals surface area contributed by atoms with Gasteiger partial charge in [-0.1, -0.05) is 37.1 Å². The van der Waals surface area contributed by atoms with Gasteiger partial charge in [0.05, 0.1) is 0 Å². The highest BCUT2D eigenvalue weighted by Crippen LogP contribution is 2.27. The van der Waals surface area contributed by atoms with Crippen LogP contribution in [0.2, 0.25) is 0 Å². The zero-order chi connectivity index (χ0) is 15.9. The summed E-state index contributed by atoms with van der Waals surface area (Å²) >= 11 is 0.391. The maximum atomic E-state index is 12.3. The molecule has 1 saturated carbocycles. The largest absolute Gasteiger partial charge is 0.345 e. The summed E-state index contributed by atoms with van der Waals surface area (Å²) in [5.74, 6) is -3.98. The number of benzene rings is 1. The summed E-state index contributed by atoms with van der Waals surface area (Å²) in [5.41, 5.74) is 0.328. The molecule has 0 aliphatic heterocycles. The Kier molecular flexibility index (Phi) is 6.18. The van der Waals surface area contributed by atoms with Crippen molar-refractivity contribution in [3.05, 3.63) is 24.3 Å². The van der Waals surface area contributed by atoms with E-state index in [9.17, 15) is 18.4 Å². The SMILES string of the molecule is O=C(Nc1cccc(SC(F)F)c1)C(=O)NC1CCCCC1. The molecular formula is C15H18F2N2O2S. The third kappa shape index (κ3) is 5.29. The van der Waals surface area contributed by atoms with Crippen LogP contribution in [0.25, 0.3) is 0 Å². The molecular weight excluding hydrogens is 310 g/mol. The van der Waals surface area contributed by atoms with Gasteiger partial charge < -0.3 is 10.6 Å². The lowest BCUT2D eigenvalue weighted by Crippen LogP contribution is -2.42. The summed E-state index contributed by atoms with van der Waals surface area (Å²) in [7, 11) is 0. The molecule has 2 N–H and O–H groups in total. The number of thioether (sulfide) groups is 1. The van der Waals surface area contributed by atoms with E-state index < -0.39 is 17.6 Å². The molecule has 0 aromatic heterocycles. The summed E-state index contributed by atoms with van der Waals surface area (Å²) in [6.07, 6.45) is 5.05. The number of rotatable bonds is 4. The Labute approximate surface area is 132 Å². The molecule has 1 aromatic carbocycles. The fourth-order valence-corrected chi connectivity index (χ4v) is 2.99. The molecule has 0 saturated heterocycles. The fourth-order valence-electron chi connectivity index (χ4n) is 2.44. The van der Waals surface area contributed by atoms with Gasteiger partial charge in [-0.2, -0.15) is 8.78 Å². The molecule has 1 aliphatic rings. The van der Waals surface area contributed by atoms with Crippen LogP contribution in [0.5, 0.6) is 0 Å². The predicted molar refractivity (Wildman–Crippen MR) is 81.9 cm³/mol. The van der Waals surface area contributed by atoms with Crippen molar-refractivity contribution in [2.45, 2.75) is 48.8 Å². The lowest BCUT2D eigenvalue weighted by atomic mass is 9.95. The molecule has 0 heterocycles. The molecule has 4 nitrogen and oxygen atoms in total.